The van der Waals surface area contributed by atoms with E-state index in [9.17, 15) is 9.59 Å². The summed E-state index contributed by atoms with van der Waals surface area (Å²) in [6, 6.07) is 7.29. The van der Waals surface area contributed by atoms with E-state index in [1.807, 2.05) is 24.3 Å². The number of carbonyl (C=O) groups excluding carboxylic acids is 2. The SMILES string of the molecule is COCC(=O)NCC#Cc1ccc(N2CCOC2=O)cc1. The van der Waals surface area contributed by atoms with Crippen molar-refractivity contribution >= 4 is 17.7 Å². The molecule has 0 aromatic heterocycles. The van der Waals surface area contributed by atoms with E-state index in [0.717, 1.165) is 11.3 Å². The summed E-state index contributed by atoms with van der Waals surface area (Å²) >= 11 is 0. The summed E-state index contributed by atoms with van der Waals surface area (Å²) in [5.74, 6) is 5.58. The van der Waals surface area contributed by atoms with Crippen molar-refractivity contribution in [3.63, 3.8) is 0 Å². The molecule has 6 nitrogen and oxygen atoms in total. The third kappa shape index (κ3) is 4.23. The van der Waals surface area contributed by atoms with Gasteiger partial charge in [-0.25, -0.2) is 4.79 Å². The lowest BCUT2D eigenvalue weighted by atomic mass is 10.2. The second-order valence-electron chi connectivity index (χ2n) is 4.32. The van der Waals surface area contributed by atoms with Crippen LogP contribution in [0.3, 0.4) is 0 Å². The molecular weight excluding hydrogens is 272 g/mol. The first-order valence-corrected chi connectivity index (χ1v) is 6.49. The summed E-state index contributed by atoms with van der Waals surface area (Å²) in [4.78, 5) is 24.1. The largest absolute Gasteiger partial charge is 0.447 e. The maximum atomic E-state index is 11.4. The van der Waals surface area contributed by atoms with E-state index in [1.54, 1.807) is 4.90 Å². The quantitative estimate of drug-likeness (QED) is 0.831. The molecule has 2 amide bonds. The molecule has 1 fully saturated rings. The lowest BCUT2D eigenvalue weighted by molar-refractivity contribution is -0.124. The van der Waals surface area contributed by atoms with Gasteiger partial charge in [0.15, 0.2) is 0 Å². The van der Waals surface area contributed by atoms with Crippen LogP contribution in [0.15, 0.2) is 24.3 Å². The van der Waals surface area contributed by atoms with Gasteiger partial charge in [0.1, 0.15) is 13.2 Å². The predicted octanol–water partition coefficient (Wildman–Crippen LogP) is 0.757. The Morgan fingerprint density at radius 1 is 1.43 bits per heavy atom. The minimum Gasteiger partial charge on any atom is -0.447 e. The first kappa shape index (κ1) is 14.9. The van der Waals surface area contributed by atoms with Gasteiger partial charge in [0.05, 0.1) is 13.1 Å². The van der Waals surface area contributed by atoms with E-state index in [-0.39, 0.29) is 25.2 Å². The van der Waals surface area contributed by atoms with Crippen molar-refractivity contribution < 1.29 is 19.1 Å². The van der Waals surface area contributed by atoms with Crippen LogP contribution < -0.4 is 10.2 Å². The summed E-state index contributed by atoms with van der Waals surface area (Å²) in [5.41, 5.74) is 1.60. The van der Waals surface area contributed by atoms with Gasteiger partial charge < -0.3 is 14.8 Å². The Hall–Kier alpha value is -2.52. The van der Waals surface area contributed by atoms with Crippen LogP contribution in [0.1, 0.15) is 5.56 Å². The fourth-order valence-electron chi connectivity index (χ4n) is 1.82. The minimum absolute atomic E-state index is 0.0301. The second-order valence-corrected chi connectivity index (χ2v) is 4.32. The van der Waals surface area contributed by atoms with Crippen molar-refractivity contribution in [1.82, 2.24) is 5.32 Å². The average Bonchev–Trinajstić information content (AvgIpc) is 2.91. The average molecular weight is 288 g/mol. The lowest BCUT2D eigenvalue weighted by Crippen LogP contribution is -2.27. The monoisotopic (exact) mass is 288 g/mol. The molecule has 1 saturated heterocycles. The van der Waals surface area contributed by atoms with E-state index in [4.69, 9.17) is 4.74 Å². The minimum atomic E-state index is -0.324. The van der Waals surface area contributed by atoms with Gasteiger partial charge in [0.2, 0.25) is 5.91 Å². The first-order valence-electron chi connectivity index (χ1n) is 6.49. The Balaban J connectivity index is 1.88. The summed E-state index contributed by atoms with van der Waals surface area (Å²) in [7, 11) is 1.46. The summed E-state index contributed by atoms with van der Waals surface area (Å²) in [6.45, 7) is 1.28. The number of benzene rings is 1. The molecular formula is C15H16N2O4. The lowest BCUT2D eigenvalue weighted by Gasteiger charge is -2.11. The van der Waals surface area contributed by atoms with E-state index in [0.29, 0.717) is 13.2 Å². The Morgan fingerprint density at radius 3 is 2.81 bits per heavy atom. The molecule has 21 heavy (non-hydrogen) atoms. The zero-order chi connectivity index (χ0) is 15.1. The van der Waals surface area contributed by atoms with Crippen LogP contribution in [0.4, 0.5) is 10.5 Å². The molecule has 1 aromatic carbocycles. The number of nitrogens with zero attached hydrogens (tertiary/aromatic N) is 1. The number of rotatable bonds is 4. The van der Waals surface area contributed by atoms with Crippen molar-refractivity contribution in [2.24, 2.45) is 0 Å². The fraction of sp³-hybridized carbons (Fsp3) is 0.333. The van der Waals surface area contributed by atoms with Crippen LogP contribution in [0, 0.1) is 11.8 Å². The van der Waals surface area contributed by atoms with Crippen molar-refractivity contribution in [2.45, 2.75) is 0 Å². The molecule has 1 aromatic rings. The standard InChI is InChI=1S/C15H16N2O4/c1-20-11-14(18)16-8-2-3-12-4-6-13(7-5-12)17-9-10-21-15(17)19/h4-7H,8-11H2,1H3,(H,16,18). The van der Waals surface area contributed by atoms with Crippen LogP contribution >= 0.6 is 0 Å². The number of ether oxygens (including phenoxy) is 2. The zero-order valence-electron chi connectivity index (χ0n) is 11.7. The normalized spacial score (nSPS) is 13.4. The number of hydrogen-bond donors (Lipinski definition) is 1. The maximum absolute atomic E-state index is 11.4. The fourth-order valence-corrected chi connectivity index (χ4v) is 1.82. The van der Waals surface area contributed by atoms with Gasteiger partial charge in [0, 0.05) is 18.4 Å². The van der Waals surface area contributed by atoms with E-state index >= 15 is 0 Å². The molecule has 1 aliphatic rings. The van der Waals surface area contributed by atoms with Crippen LogP contribution in [0.25, 0.3) is 0 Å². The maximum Gasteiger partial charge on any atom is 0.414 e. The van der Waals surface area contributed by atoms with Crippen molar-refractivity contribution in [3.05, 3.63) is 29.8 Å². The number of amides is 2. The van der Waals surface area contributed by atoms with Gasteiger partial charge in [-0.1, -0.05) is 11.8 Å². The topological polar surface area (TPSA) is 67.9 Å². The first-order chi connectivity index (χ1) is 10.2. The van der Waals surface area contributed by atoms with Gasteiger partial charge in [-0.15, -0.1) is 0 Å². The van der Waals surface area contributed by atoms with Crippen LogP contribution in [-0.2, 0) is 14.3 Å². The van der Waals surface area contributed by atoms with E-state index < -0.39 is 0 Å². The molecule has 2 rings (SSSR count). The number of cyclic esters (lactones) is 1. The molecule has 0 aliphatic carbocycles. The molecule has 0 bridgehead atoms. The van der Waals surface area contributed by atoms with E-state index in [1.165, 1.54) is 7.11 Å². The molecule has 0 saturated carbocycles. The molecule has 0 spiro atoms. The smallest absolute Gasteiger partial charge is 0.414 e. The highest BCUT2D eigenvalue weighted by Gasteiger charge is 2.22. The van der Waals surface area contributed by atoms with Crippen molar-refractivity contribution in [2.75, 3.05) is 38.3 Å². The highest BCUT2D eigenvalue weighted by Crippen LogP contribution is 2.18. The summed E-state index contributed by atoms with van der Waals surface area (Å²) in [5, 5.41) is 2.61. The number of nitrogens with one attached hydrogen (secondary N) is 1. The van der Waals surface area contributed by atoms with Crippen molar-refractivity contribution in [1.29, 1.82) is 0 Å². The Labute approximate surface area is 123 Å². The number of anilines is 1. The summed E-state index contributed by atoms with van der Waals surface area (Å²) < 4.78 is 9.57. The molecule has 0 unspecified atom stereocenters. The van der Waals surface area contributed by atoms with Crippen LogP contribution in [-0.4, -0.2) is 45.4 Å². The van der Waals surface area contributed by atoms with E-state index in [2.05, 4.69) is 21.9 Å². The van der Waals surface area contributed by atoms with Gasteiger partial charge >= 0.3 is 6.09 Å². The van der Waals surface area contributed by atoms with Gasteiger partial charge in [-0.3, -0.25) is 9.69 Å². The third-order valence-electron chi connectivity index (χ3n) is 2.82. The molecule has 0 radical (unpaired) electrons. The molecule has 1 aliphatic heterocycles. The van der Waals surface area contributed by atoms with Gasteiger partial charge in [-0.05, 0) is 24.3 Å². The predicted molar refractivity (Wildman–Crippen MR) is 76.9 cm³/mol. The third-order valence-corrected chi connectivity index (χ3v) is 2.82. The number of methoxy groups -OCH3 is 1. The van der Waals surface area contributed by atoms with Gasteiger partial charge in [0.25, 0.3) is 0 Å². The molecule has 0 atom stereocenters. The summed E-state index contributed by atoms with van der Waals surface area (Å²) in [6.07, 6.45) is -0.324. The van der Waals surface area contributed by atoms with Crippen molar-refractivity contribution in [3.8, 4) is 11.8 Å². The molecule has 1 N–H and O–H groups in total. The highest BCUT2D eigenvalue weighted by atomic mass is 16.6. The number of hydrogen-bond acceptors (Lipinski definition) is 4. The molecule has 1 heterocycles. The Bertz CT molecular complexity index is 572. The van der Waals surface area contributed by atoms with Crippen LogP contribution in [0.5, 0.6) is 0 Å². The second kappa shape index (κ2) is 7.31. The Kier molecular flexibility index (Phi) is 5.18. The Morgan fingerprint density at radius 2 is 2.19 bits per heavy atom. The highest BCUT2D eigenvalue weighted by molar-refractivity contribution is 5.89. The molecule has 6 heteroatoms. The van der Waals surface area contributed by atoms with Crippen LogP contribution in [0.2, 0.25) is 0 Å². The van der Waals surface area contributed by atoms with Gasteiger partial charge in [-0.2, -0.15) is 0 Å². The number of carbonyl (C=O) groups is 2. The zero-order valence-corrected chi connectivity index (χ0v) is 11.7. The molecule has 110 valence electrons.